The molecule has 0 bridgehead atoms. The van der Waals surface area contributed by atoms with E-state index in [0.717, 1.165) is 24.3 Å². The van der Waals surface area contributed by atoms with Gasteiger partial charge in [0.15, 0.2) is 0 Å². The summed E-state index contributed by atoms with van der Waals surface area (Å²) in [7, 11) is -4.88. The number of rotatable bonds is 4. The zero-order valence-electron chi connectivity index (χ0n) is 9.58. The molecule has 6 nitrogen and oxygen atoms in total. The number of carbonyl (C=O) groups is 1. The number of esters is 1. The zero-order valence-corrected chi connectivity index (χ0v) is 10.4. The average molecular weight is 296 g/mol. The Morgan fingerprint density at radius 3 is 2.11 bits per heavy atom. The summed E-state index contributed by atoms with van der Waals surface area (Å²) < 4.78 is 54.5. The predicted molar refractivity (Wildman–Crippen MR) is 57.8 cm³/mol. The molecule has 0 fully saturated rings. The second-order valence-corrected chi connectivity index (χ2v) is 5.49. The molecule has 0 unspecified atom stereocenters. The number of benzene rings is 1. The highest BCUT2D eigenvalue weighted by atomic mass is 32.2. The molecule has 1 rings (SSSR count). The number of carbonyl (C=O) groups excluding carboxylic acids is 1. The minimum atomic E-state index is -5.49. The average Bonchev–Trinajstić information content (AvgIpc) is 2.38. The van der Waals surface area contributed by atoms with Gasteiger partial charge in [0, 0.05) is 0 Å². The van der Waals surface area contributed by atoms with Crippen LogP contribution in [0.25, 0.3) is 0 Å². The van der Waals surface area contributed by atoms with Crippen molar-refractivity contribution in [3.05, 3.63) is 30.3 Å². The maximum atomic E-state index is 13.7. The van der Waals surface area contributed by atoms with E-state index in [4.69, 9.17) is 10.2 Å². The minimum Gasteiger partial charge on any atom is -0.465 e. The number of aliphatic hydroxyl groups is 2. The van der Waals surface area contributed by atoms with E-state index >= 15 is 0 Å². The summed E-state index contributed by atoms with van der Waals surface area (Å²) in [5.74, 6) is -6.67. The molecule has 1 aromatic rings. The lowest BCUT2D eigenvalue weighted by molar-refractivity contribution is -0.261. The van der Waals surface area contributed by atoms with Gasteiger partial charge in [-0.3, -0.25) is 0 Å². The number of methoxy groups -OCH3 is 1. The van der Waals surface area contributed by atoms with E-state index < -0.39 is 31.7 Å². The van der Waals surface area contributed by atoms with E-state index in [2.05, 4.69) is 4.74 Å². The molecule has 1 aromatic carbocycles. The van der Waals surface area contributed by atoms with E-state index in [1.807, 2.05) is 0 Å². The Labute approximate surface area is 107 Å². The number of halogens is 2. The first-order valence-electron chi connectivity index (χ1n) is 4.79. The van der Waals surface area contributed by atoms with Crippen LogP contribution in [0.3, 0.4) is 0 Å². The molecule has 0 heterocycles. The van der Waals surface area contributed by atoms with Crippen molar-refractivity contribution in [1.29, 1.82) is 0 Å². The lowest BCUT2D eigenvalue weighted by Gasteiger charge is -2.27. The van der Waals surface area contributed by atoms with Gasteiger partial charge in [-0.2, -0.15) is 8.78 Å². The predicted octanol–water partition coefficient (Wildman–Crippen LogP) is -0.0930. The molecular weight excluding hydrogens is 286 g/mol. The highest BCUT2D eigenvalue weighted by molar-refractivity contribution is 7.92. The van der Waals surface area contributed by atoms with Gasteiger partial charge in [0.05, 0.1) is 12.0 Å². The second kappa shape index (κ2) is 4.83. The molecule has 2 N–H and O–H groups in total. The van der Waals surface area contributed by atoms with Crippen molar-refractivity contribution >= 4 is 15.8 Å². The molecule has 9 heteroatoms. The van der Waals surface area contributed by atoms with Crippen LogP contribution in [0.15, 0.2) is 35.2 Å². The van der Waals surface area contributed by atoms with Gasteiger partial charge in [-0.05, 0) is 12.1 Å². The molecule has 0 aliphatic carbocycles. The van der Waals surface area contributed by atoms with Crippen LogP contribution >= 0.6 is 0 Å². The Bertz CT molecular complexity index is 567. The third-order valence-corrected chi connectivity index (χ3v) is 4.12. The molecule has 0 atom stereocenters. The molecule has 0 spiro atoms. The topological polar surface area (TPSA) is 101 Å². The van der Waals surface area contributed by atoms with Crippen molar-refractivity contribution in [2.75, 3.05) is 7.11 Å². The van der Waals surface area contributed by atoms with Crippen LogP contribution < -0.4 is 0 Å². The van der Waals surface area contributed by atoms with E-state index in [0.29, 0.717) is 7.11 Å². The lowest BCUT2D eigenvalue weighted by Crippen LogP contribution is -2.58. The first kappa shape index (κ1) is 15.5. The Balaban J connectivity index is 3.39. The smallest absolute Gasteiger partial charge is 0.413 e. The van der Waals surface area contributed by atoms with Gasteiger partial charge in [0.1, 0.15) is 0 Å². The molecule has 0 saturated heterocycles. The largest absolute Gasteiger partial charge is 0.465 e. The molecule has 19 heavy (non-hydrogen) atoms. The Kier molecular flexibility index (Phi) is 3.94. The molecule has 0 radical (unpaired) electrons. The van der Waals surface area contributed by atoms with Gasteiger partial charge in [-0.25, -0.2) is 13.2 Å². The number of alkyl halides is 2. The fraction of sp³-hybridized carbons (Fsp3) is 0.300. The fourth-order valence-corrected chi connectivity index (χ4v) is 2.47. The van der Waals surface area contributed by atoms with Gasteiger partial charge in [0.2, 0.25) is 9.84 Å². The van der Waals surface area contributed by atoms with Gasteiger partial charge >= 0.3 is 17.0 Å². The van der Waals surface area contributed by atoms with Gasteiger partial charge < -0.3 is 14.9 Å². The summed E-state index contributed by atoms with van der Waals surface area (Å²) in [6, 6.07) is 5.37. The third kappa shape index (κ3) is 2.31. The lowest BCUT2D eigenvalue weighted by atomic mass is 10.3. The van der Waals surface area contributed by atoms with Crippen LogP contribution in [0.5, 0.6) is 0 Å². The van der Waals surface area contributed by atoms with Crippen molar-refractivity contribution in [1.82, 2.24) is 0 Å². The summed E-state index contributed by atoms with van der Waals surface area (Å²) in [6.07, 6.45) is 0. The molecular formula is C10H10F2O6S. The maximum absolute atomic E-state index is 13.7. The first-order valence-corrected chi connectivity index (χ1v) is 6.28. The summed E-state index contributed by atoms with van der Waals surface area (Å²) in [6.45, 7) is 0. The van der Waals surface area contributed by atoms with E-state index in [1.54, 1.807) is 0 Å². The molecule has 0 aromatic heterocycles. The monoisotopic (exact) mass is 296 g/mol. The van der Waals surface area contributed by atoms with Crippen LogP contribution in [0.2, 0.25) is 0 Å². The zero-order chi connectivity index (χ0) is 14.9. The second-order valence-electron chi connectivity index (χ2n) is 3.50. The first-order chi connectivity index (χ1) is 8.59. The molecule has 106 valence electrons. The van der Waals surface area contributed by atoms with Crippen LogP contribution in [0, 0.1) is 0 Å². The molecule has 0 amide bonds. The summed E-state index contributed by atoms with van der Waals surface area (Å²) in [5.41, 5.74) is 0. The Morgan fingerprint density at radius 1 is 1.21 bits per heavy atom. The highest BCUT2D eigenvalue weighted by Gasteiger charge is 2.67. The summed E-state index contributed by atoms with van der Waals surface area (Å²) in [5, 5.41) is 12.9. The molecule has 0 aliphatic heterocycles. The SMILES string of the molecule is COC(=O)C(O)(O)C(F)(F)S(=O)(=O)c1ccccc1. The van der Waals surface area contributed by atoms with Gasteiger partial charge in [-0.15, -0.1) is 0 Å². The summed E-state index contributed by atoms with van der Waals surface area (Å²) >= 11 is 0. The normalized spacial score (nSPS) is 13.1. The van der Waals surface area contributed by atoms with Gasteiger partial charge in [-0.1, -0.05) is 18.2 Å². The Hall–Kier alpha value is -1.58. The van der Waals surface area contributed by atoms with Crippen molar-refractivity contribution in [3.63, 3.8) is 0 Å². The maximum Gasteiger partial charge on any atom is 0.413 e. The van der Waals surface area contributed by atoms with Crippen LogP contribution in [-0.2, 0) is 19.4 Å². The van der Waals surface area contributed by atoms with Gasteiger partial charge in [0.25, 0.3) is 0 Å². The van der Waals surface area contributed by atoms with Crippen molar-refractivity contribution in [2.24, 2.45) is 0 Å². The number of sulfone groups is 1. The summed E-state index contributed by atoms with van der Waals surface area (Å²) in [4.78, 5) is 10.0. The Morgan fingerprint density at radius 2 is 1.68 bits per heavy atom. The highest BCUT2D eigenvalue weighted by Crippen LogP contribution is 2.37. The van der Waals surface area contributed by atoms with Crippen molar-refractivity contribution in [2.45, 2.75) is 15.9 Å². The van der Waals surface area contributed by atoms with E-state index in [9.17, 15) is 22.0 Å². The van der Waals surface area contributed by atoms with Crippen molar-refractivity contribution in [3.8, 4) is 0 Å². The van der Waals surface area contributed by atoms with Crippen LogP contribution in [-0.4, -0.2) is 42.8 Å². The van der Waals surface area contributed by atoms with Crippen molar-refractivity contribution < 1.29 is 36.9 Å². The van der Waals surface area contributed by atoms with E-state index in [1.165, 1.54) is 6.07 Å². The van der Waals surface area contributed by atoms with Crippen LogP contribution in [0.4, 0.5) is 8.78 Å². The minimum absolute atomic E-state index is 0.606. The number of ether oxygens (including phenoxy) is 1. The number of hydrogen-bond acceptors (Lipinski definition) is 6. The molecule has 0 aliphatic rings. The number of hydrogen-bond donors (Lipinski definition) is 2. The fourth-order valence-electron chi connectivity index (χ4n) is 1.20. The van der Waals surface area contributed by atoms with Crippen LogP contribution in [0.1, 0.15) is 0 Å². The standard InChI is InChI=1S/C10H10F2O6S/c1-18-8(13)9(14,15)10(11,12)19(16,17)7-5-3-2-4-6-7/h2-6,14-15H,1H3. The third-order valence-electron chi connectivity index (χ3n) is 2.27. The molecule has 0 saturated carbocycles. The quantitative estimate of drug-likeness (QED) is 0.595. The van der Waals surface area contributed by atoms with E-state index in [-0.39, 0.29) is 0 Å².